The summed E-state index contributed by atoms with van der Waals surface area (Å²) >= 11 is 0. The van der Waals surface area contributed by atoms with E-state index < -0.39 is 9.84 Å². The van der Waals surface area contributed by atoms with Crippen molar-refractivity contribution in [2.24, 2.45) is 0 Å². The molecular formula is C35H42N4O3S. The van der Waals surface area contributed by atoms with Crippen LogP contribution in [0.4, 0.5) is 10.5 Å². The Morgan fingerprint density at radius 3 is 2.37 bits per heavy atom. The van der Waals surface area contributed by atoms with E-state index in [-0.39, 0.29) is 17.2 Å². The smallest absolute Gasteiger partial charge is 0.322 e. The molecule has 0 radical (unpaired) electrons. The molecule has 2 aliphatic heterocycles. The summed E-state index contributed by atoms with van der Waals surface area (Å²) in [4.78, 5) is 23.8. The number of nitrogens with one attached hydrogen (secondary N) is 1. The Morgan fingerprint density at radius 1 is 0.953 bits per heavy atom. The molecule has 2 aliphatic carbocycles. The number of likely N-dealkylation sites (tertiary alicyclic amines) is 1. The molecule has 1 spiro atoms. The summed E-state index contributed by atoms with van der Waals surface area (Å²) in [5, 5.41) is 3.09. The standard InChI is InChI=1S/C35H42N4O3S/c1-2-43(41,42)28-12-7-25(8-13-28)22-36-34(40)39-24-35(17-3-4-18-35)33-32(39)16-15-31(37-33)30-21-26(23-38-19-5-6-20-38)9-14-29(30)27-10-11-27/h7-9,12-16,21,27H,2-6,10-11,17-20,22-24H2,1H3,(H,36,40). The Labute approximate surface area is 255 Å². The number of hydrogen-bond acceptors (Lipinski definition) is 5. The Balaban J connectivity index is 1.15. The fourth-order valence-electron chi connectivity index (χ4n) is 7.43. The first-order valence-corrected chi connectivity index (χ1v) is 17.7. The highest BCUT2D eigenvalue weighted by Gasteiger charge is 2.48. The Kier molecular flexibility index (Phi) is 7.54. The van der Waals surface area contributed by atoms with E-state index in [2.05, 4.69) is 40.5 Å². The van der Waals surface area contributed by atoms with Crippen molar-refractivity contribution in [2.75, 3.05) is 30.3 Å². The number of hydrogen-bond donors (Lipinski definition) is 1. The number of carbonyl (C=O) groups excluding carboxylic acids is 1. The topological polar surface area (TPSA) is 82.6 Å². The van der Waals surface area contributed by atoms with E-state index in [0.29, 0.717) is 23.9 Å². The Bertz CT molecular complexity index is 1620. The number of amides is 2. The number of anilines is 1. The quantitative estimate of drug-likeness (QED) is 0.318. The number of aromatic nitrogens is 1. The van der Waals surface area contributed by atoms with E-state index in [1.807, 2.05) is 4.90 Å². The Morgan fingerprint density at radius 2 is 1.67 bits per heavy atom. The molecule has 43 heavy (non-hydrogen) atoms. The van der Waals surface area contributed by atoms with Gasteiger partial charge in [0.2, 0.25) is 0 Å². The minimum atomic E-state index is -3.25. The lowest BCUT2D eigenvalue weighted by Crippen LogP contribution is -2.41. The zero-order valence-corrected chi connectivity index (χ0v) is 26.0. The van der Waals surface area contributed by atoms with Gasteiger partial charge in [0.1, 0.15) is 0 Å². The zero-order chi connectivity index (χ0) is 29.6. The lowest BCUT2D eigenvalue weighted by molar-refractivity contribution is 0.245. The van der Waals surface area contributed by atoms with Crippen molar-refractivity contribution < 1.29 is 13.2 Å². The fraction of sp³-hybridized carbons (Fsp3) is 0.486. The first-order chi connectivity index (χ1) is 20.8. The van der Waals surface area contributed by atoms with Gasteiger partial charge in [-0.1, -0.05) is 44.0 Å². The molecule has 7 nitrogen and oxygen atoms in total. The molecule has 2 aromatic carbocycles. The van der Waals surface area contributed by atoms with E-state index in [0.717, 1.165) is 54.9 Å². The number of rotatable bonds is 8. The molecule has 0 unspecified atom stereocenters. The van der Waals surface area contributed by atoms with Gasteiger partial charge >= 0.3 is 6.03 Å². The second kappa shape index (κ2) is 11.4. The Hall–Kier alpha value is -3.23. The molecule has 3 aromatic rings. The van der Waals surface area contributed by atoms with Crippen LogP contribution in [-0.2, 0) is 28.3 Å². The molecule has 2 saturated carbocycles. The van der Waals surface area contributed by atoms with Crippen LogP contribution in [0.1, 0.15) is 86.6 Å². The van der Waals surface area contributed by atoms with Gasteiger partial charge in [-0.3, -0.25) is 9.80 Å². The van der Waals surface area contributed by atoms with Crippen molar-refractivity contribution in [1.82, 2.24) is 15.2 Å². The largest absolute Gasteiger partial charge is 0.334 e. The molecule has 2 amide bonds. The van der Waals surface area contributed by atoms with Gasteiger partial charge in [0.15, 0.2) is 9.84 Å². The summed E-state index contributed by atoms with van der Waals surface area (Å²) < 4.78 is 24.3. The number of pyridine rings is 1. The number of urea groups is 1. The average Bonchev–Trinajstić information content (AvgIpc) is 3.39. The molecule has 226 valence electrons. The third kappa shape index (κ3) is 5.60. The summed E-state index contributed by atoms with van der Waals surface area (Å²) in [6.45, 7) is 6.00. The van der Waals surface area contributed by atoms with Gasteiger partial charge in [0.05, 0.1) is 27.7 Å². The van der Waals surface area contributed by atoms with E-state index in [9.17, 15) is 13.2 Å². The molecule has 3 fully saturated rings. The molecule has 1 aromatic heterocycles. The molecule has 7 rings (SSSR count). The third-order valence-electron chi connectivity index (χ3n) is 10.1. The minimum absolute atomic E-state index is 0.0703. The van der Waals surface area contributed by atoms with Crippen molar-refractivity contribution in [2.45, 2.75) is 87.6 Å². The molecule has 1 N–H and O–H groups in total. The highest BCUT2D eigenvalue weighted by Crippen LogP contribution is 2.51. The van der Waals surface area contributed by atoms with E-state index in [1.165, 1.54) is 55.5 Å². The SMILES string of the molecule is CCS(=O)(=O)c1ccc(CNC(=O)N2CC3(CCCC3)c3nc(-c4cc(CN5CCCC5)ccc4C4CC4)ccc32)cc1. The van der Waals surface area contributed by atoms with Gasteiger partial charge in [-0.15, -0.1) is 0 Å². The van der Waals surface area contributed by atoms with Crippen LogP contribution in [0.15, 0.2) is 59.5 Å². The fourth-order valence-corrected chi connectivity index (χ4v) is 8.31. The molecule has 3 heterocycles. The molecular weight excluding hydrogens is 556 g/mol. The summed E-state index contributed by atoms with van der Waals surface area (Å²) in [5.74, 6) is 0.700. The van der Waals surface area contributed by atoms with Crippen LogP contribution in [0.3, 0.4) is 0 Å². The van der Waals surface area contributed by atoms with Gasteiger partial charge in [-0.2, -0.15) is 0 Å². The summed E-state index contributed by atoms with van der Waals surface area (Å²) in [6, 6.07) is 18.0. The van der Waals surface area contributed by atoms with Gasteiger partial charge < -0.3 is 5.32 Å². The number of benzene rings is 2. The minimum Gasteiger partial charge on any atom is -0.334 e. The predicted molar refractivity (Wildman–Crippen MR) is 170 cm³/mol. The van der Waals surface area contributed by atoms with Crippen LogP contribution in [0, 0.1) is 0 Å². The maximum Gasteiger partial charge on any atom is 0.322 e. The lowest BCUT2D eigenvalue weighted by atomic mass is 9.84. The zero-order valence-electron chi connectivity index (χ0n) is 25.1. The highest BCUT2D eigenvalue weighted by molar-refractivity contribution is 7.91. The summed E-state index contributed by atoms with van der Waals surface area (Å²) in [7, 11) is -3.25. The highest BCUT2D eigenvalue weighted by atomic mass is 32.2. The lowest BCUT2D eigenvalue weighted by Gasteiger charge is -2.24. The van der Waals surface area contributed by atoms with Crippen molar-refractivity contribution in [3.8, 4) is 11.3 Å². The molecule has 1 saturated heterocycles. The second-order valence-electron chi connectivity index (χ2n) is 13.0. The van der Waals surface area contributed by atoms with Crippen LogP contribution in [0.25, 0.3) is 11.3 Å². The van der Waals surface area contributed by atoms with Crippen LogP contribution >= 0.6 is 0 Å². The maximum atomic E-state index is 13.6. The van der Waals surface area contributed by atoms with Crippen molar-refractivity contribution >= 4 is 21.6 Å². The van der Waals surface area contributed by atoms with E-state index in [1.54, 1.807) is 31.2 Å². The molecule has 4 aliphatic rings. The van der Waals surface area contributed by atoms with Crippen LogP contribution < -0.4 is 10.2 Å². The summed E-state index contributed by atoms with van der Waals surface area (Å²) in [6.07, 6.45) is 9.51. The number of nitrogens with zero attached hydrogens (tertiary/aromatic N) is 3. The average molecular weight is 599 g/mol. The van der Waals surface area contributed by atoms with Crippen LogP contribution in [-0.4, -0.2) is 49.7 Å². The molecule has 0 atom stereocenters. The predicted octanol–water partition coefficient (Wildman–Crippen LogP) is 6.56. The number of sulfone groups is 1. The first kappa shape index (κ1) is 28.5. The molecule has 8 heteroatoms. The number of fused-ring (bicyclic) bond motifs is 2. The summed E-state index contributed by atoms with van der Waals surface area (Å²) in [5.41, 5.74) is 7.88. The van der Waals surface area contributed by atoms with Crippen LogP contribution in [0.2, 0.25) is 0 Å². The first-order valence-electron chi connectivity index (χ1n) is 16.1. The maximum absolute atomic E-state index is 13.6. The van der Waals surface area contributed by atoms with Gasteiger partial charge in [-0.05, 0) is 105 Å². The van der Waals surface area contributed by atoms with Gasteiger partial charge in [0, 0.05) is 30.6 Å². The van der Waals surface area contributed by atoms with E-state index >= 15 is 0 Å². The monoisotopic (exact) mass is 598 g/mol. The van der Waals surface area contributed by atoms with Crippen molar-refractivity contribution in [3.63, 3.8) is 0 Å². The van der Waals surface area contributed by atoms with Gasteiger partial charge in [0.25, 0.3) is 0 Å². The number of carbonyl (C=O) groups is 1. The normalized spacial score (nSPS) is 19.7. The third-order valence-corrected chi connectivity index (χ3v) is 11.8. The van der Waals surface area contributed by atoms with Crippen molar-refractivity contribution in [1.29, 1.82) is 0 Å². The van der Waals surface area contributed by atoms with E-state index in [4.69, 9.17) is 4.98 Å². The van der Waals surface area contributed by atoms with Crippen molar-refractivity contribution in [3.05, 3.63) is 77.0 Å². The molecule has 0 bridgehead atoms. The second-order valence-corrected chi connectivity index (χ2v) is 15.3. The van der Waals surface area contributed by atoms with Gasteiger partial charge in [-0.25, -0.2) is 18.2 Å². The van der Waals surface area contributed by atoms with Crippen LogP contribution in [0.5, 0.6) is 0 Å².